The van der Waals surface area contributed by atoms with Crippen LogP contribution in [0.15, 0.2) is 53.5 Å². The highest BCUT2D eigenvalue weighted by molar-refractivity contribution is 7.74. The first kappa shape index (κ1) is 29.3. The van der Waals surface area contributed by atoms with Crippen LogP contribution in [0.3, 0.4) is 0 Å². The zero-order valence-electron chi connectivity index (χ0n) is 21.1. The molecule has 13 nitrogen and oxygen atoms in total. The van der Waals surface area contributed by atoms with Gasteiger partial charge < -0.3 is 34.9 Å². The number of para-hydroxylation sites is 1. The highest BCUT2D eigenvalue weighted by Crippen LogP contribution is 2.31. The average molecular weight is 560 g/mol. The number of nitrogens with zero attached hydrogens (tertiary/aromatic N) is 3. The summed E-state index contributed by atoms with van der Waals surface area (Å²) in [6, 6.07) is 13.9. The molecule has 0 saturated carbocycles. The lowest BCUT2D eigenvalue weighted by atomic mass is 10.1. The normalized spacial score (nSPS) is 13.1. The number of benzene rings is 2. The summed E-state index contributed by atoms with van der Waals surface area (Å²) in [5.74, 6) is -1.95. The van der Waals surface area contributed by atoms with Crippen LogP contribution in [0.25, 0.3) is 10.9 Å². The number of hydrogen-bond donors (Lipinski definition) is 3. The van der Waals surface area contributed by atoms with Gasteiger partial charge in [0.25, 0.3) is 0 Å². The predicted octanol–water partition coefficient (Wildman–Crippen LogP) is 2.25. The molecule has 0 fully saturated rings. The lowest BCUT2D eigenvalue weighted by Gasteiger charge is -2.21. The zero-order valence-corrected chi connectivity index (χ0v) is 21.9. The number of hydrogen-bond acceptors (Lipinski definition) is 9. The van der Waals surface area contributed by atoms with Gasteiger partial charge in [-0.3, -0.25) is 13.8 Å². The smallest absolute Gasteiger partial charge is 0.323 e. The number of aromatic nitrogens is 1. The van der Waals surface area contributed by atoms with E-state index in [2.05, 4.69) is 9.98 Å². The lowest BCUT2D eigenvalue weighted by molar-refractivity contribution is -0.140. The predicted molar refractivity (Wildman–Crippen MR) is 140 cm³/mol. The molecule has 3 rings (SSSR count). The van der Waals surface area contributed by atoms with E-state index in [0.717, 1.165) is 15.8 Å². The number of guanidine groups is 1. The summed E-state index contributed by atoms with van der Waals surface area (Å²) in [5.41, 5.74) is 7.87. The van der Waals surface area contributed by atoms with Crippen molar-refractivity contribution < 1.29 is 42.2 Å². The summed E-state index contributed by atoms with van der Waals surface area (Å²) in [6.07, 6.45) is -1.08. The first-order valence-electron chi connectivity index (χ1n) is 11.6. The van der Waals surface area contributed by atoms with Crippen LogP contribution in [-0.4, -0.2) is 72.7 Å². The molecule has 2 unspecified atom stereocenters. The quantitative estimate of drug-likeness (QED) is 0.120. The summed E-state index contributed by atoms with van der Waals surface area (Å²) >= 11 is -2.81. The Balaban J connectivity index is 1.86. The molecule has 1 heterocycles. The van der Waals surface area contributed by atoms with Crippen molar-refractivity contribution in [3.8, 4) is 11.5 Å². The minimum atomic E-state index is -2.81. The van der Waals surface area contributed by atoms with E-state index in [9.17, 15) is 18.4 Å². The first-order chi connectivity index (χ1) is 18.5. The van der Waals surface area contributed by atoms with Crippen LogP contribution < -0.4 is 15.2 Å². The van der Waals surface area contributed by atoms with Crippen LogP contribution in [0.5, 0.6) is 11.5 Å². The topological polar surface area (TPSA) is 197 Å². The SMILES string of the molecule is Cc1cc2c(C)ccc(OCCC(Oc3ccccc3)OS(=O)[O-])c2nc1N=C(N)N(CC(=O)O)CC(=O)O. The maximum Gasteiger partial charge on any atom is 0.323 e. The molecule has 0 amide bonds. The molecule has 208 valence electrons. The average Bonchev–Trinajstić information content (AvgIpc) is 2.85. The summed E-state index contributed by atoms with van der Waals surface area (Å²) in [4.78, 5) is 32.0. The Morgan fingerprint density at radius 2 is 1.77 bits per heavy atom. The fourth-order valence-corrected chi connectivity index (χ4v) is 3.86. The van der Waals surface area contributed by atoms with Crippen molar-refractivity contribution in [2.24, 2.45) is 10.7 Å². The van der Waals surface area contributed by atoms with Crippen LogP contribution in [0, 0.1) is 13.8 Å². The van der Waals surface area contributed by atoms with E-state index in [1.54, 1.807) is 49.4 Å². The fourth-order valence-electron chi connectivity index (χ4n) is 3.55. The van der Waals surface area contributed by atoms with Crippen LogP contribution in [-0.2, 0) is 25.1 Å². The van der Waals surface area contributed by atoms with Gasteiger partial charge in [0.05, 0.1) is 18.0 Å². The maximum atomic E-state index is 11.2. The number of nitrogens with two attached hydrogens (primary N) is 1. The van der Waals surface area contributed by atoms with Crippen LogP contribution in [0.2, 0.25) is 0 Å². The number of fused-ring (bicyclic) bond motifs is 1. The minimum absolute atomic E-state index is 0.00809. The molecule has 0 saturated heterocycles. The van der Waals surface area contributed by atoms with E-state index in [1.807, 2.05) is 13.0 Å². The largest absolute Gasteiger partial charge is 0.750 e. The third-order valence-corrected chi connectivity index (χ3v) is 5.71. The third-order valence-electron chi connectivity index (χ3n) is 5.33. The van der Waals surface area contributed by atoms with Gasteiger partial charge in [-0.1, -0.05) is 24.3 Å². The Labute approximate surface area is 226 Å². The number of carbonyl (C=O) groups is 2. The van der Waals surface area contributed by atoms with Gasteiger partial charge in [-0.05, 0) is 49.2 Å². The highest BCUT2D eigenvalue weighted by Gasteiger charge is 2.18. The van der Waals surface area contributed by atoms with Crippen molar-refractivity contribution in [1.82, 2.24) is 9.88 Å². The number of aliphatic imine (C=N–C) groups is 1. The molecule has 4 N–H and O–H groups in total. The monoisotopic (exact) mass is 559 g/mol. The van der Waals surface area contributed by atoms with Crippen LogP contribution in [0.4, 0.5) is 5.82 Å². The molecule has 0 bridgehead atoms. The van der Waals surface area contributed by atoms with E-state index >= 15 is 0 Å². The van der Waals surface area contributed by atoms with Gasteiger partial charge in [0.15, 0.2) is 11.8 Å². The Kier molecular flexibility index (Phi) is 10.1. The van der Waals surface area contributed by atoms with Gasteiger partial charge in [-0.25, -0.2) is 9.19 Å². The van der Waals surface area contributed by atoms with E-state index < -0.39 is 42.7 Å². The Morgan fingerprint density at radius 3 is 2.38 bits per heavy atom. The number of rotatable bonds is 13. The molecule has 3 aromatic rings. The molecule has 1 aromatic heterocycles. The summed E-state index contributed by atoms with van der Waals surface area (Å²) < 4.78 is 38.6. The lowest BCUT2D eigenvalue weighted by Crippen LogP contribution is -2.43. The number of carboxylic acids is 2. The molecule has 0 radical (unpaired) electrons. The molecular weight excluding hydrogens is 532 g/mol. The van der Waals surface area contributed by atoms with Crippen molar-refractivity contribution >= 4 is 46.0 Å². The van der Waals surface area contributed by atoms with Crippen molar-refractivity contribution in [2.45, 2.75) is 26.6 Å². The Morgan fingerprint density at radius 1 is 1.10 bits per heavy atom. The van der Waals surface area contributed by atoms with Crippen LogP contribution >= 0.6 is 0 Å². The van der Waals surface area contributed by atoms with Gasteiger partial charge in [0.2, 0.25) is 6.29 Å². The van der Waals surface area contributed by atoms with Gasteiger partial charge in [0.1, 0.15) is 30.1 Å². The molecule has 0 aliphatic carbocycles. The maximum absolute atomic E-state index is 11.2. The van der Waals surface area contributed by atoms with Gasteiger partial charge in [0, 0.05) is 11.8 Å². The van der Waals surface area contributed by atoms with E-state index in [1.165, 1.54) is 0 Å². The second-order valence-electron chi connectivity index (χ2n) is 8.32. The molecule has 14 heteroatoms. The Bertz CT molecular complexity index is 1370. The summed E-state index contributed by atoms with van der Waals surface area (Å²) in [6.45, 7) is 2.30. The van der Waals surface area contributed by atoms with Crippen LogP contribution in [0.1, 0.15) is 17.5 Å². The van der Waals surface area contributed by atoms with Crippen molar-refractivity contribution in [2.75, 3.05) is 19.7 Å². The molecule has 0 aliphatic heterocycles. The van der Waals surface area contributed by atoms with E-state index in [4.69, 9.17) is 29.6 Å². The first-order valence-corrected chi connectivity index (χ1v) is 12.6. The molecule has 0 aliphatic rings. The van der Waals surface area contributed by atoms with Crippen molar-refractivity contribution in [1.29, 1.82) is 0 Å². The fraction of sp³-hybridized carbons (Fsp3) is 0.280. The van der Waals surface area contributed by atoms with E-state index in [-0.39, 0.29) is 24.8 Å². The molecule has 2 aromatic carbocycles. The van der Waals surface area contributed by atoms with Gasteiger partial charge in [-0.2, -0.15) is 4.99 Å². The third kappa shape index (κ3) is 8.63. The zero-order chi connectivity index (χ0) is 28.5. The molecular formula is C25H27N4O9S-. The number of aryl methyl sites for hydroxylation is 2. The standard InChI is InChI=1S/C25H28N4O9S/c1-15-8-9-19(36-11-10-22(38-39(34)35)37-17-6-4-3-5-7-17)23-18(15)12-16(2)24(27-23)28-25(26)29(13-20(30)31)14-21(32)33/h3-9,12,22H,10-11,13-14H2,1-2H3,(H,30,31)(H,32,33)(H,34,35)(H2,26,27,28)/p-1. The van der Waals surface area contributed by atoms with Gasteiger partial charge in [-0.15, -0.1) is 0 Å². The molecule has 39 heavy (non-hydrogen) atoms. The van der Waals surface area contributed by atoms with Crippen molar-refractivity contribution in [3.63, 3.8) is 0 Å². The molecule has 2 atom stereocenters. The van der Waals surface area contributed by atoms with Gasteiger partial charge >= 0.3 is 11.9 Å². The Hall–Kier alpha value is -4.27. The number of carboxylic acid groups (broad SMARTS) is 2. The number of ether oxygens (including phenoxy) is 2. The van der Waals surface area contributed by atoms with E-state index in [0.29, 0.717) is 22.6 Å². The number of pyridine rings is 1. The summed E-state index contributed by atoms with van der Waals surface area (Å²) in [7, 11) is 0. The number of aliphatic carboxylic acids is 2. The second-order valence-corrected chi connectivity index (χ2v) is 8.92. The minimum Gasteiger partial charge on any atom is -0.750 e. The molecule has 0 spiro atoms. The highest BCUT2D eigenvalue weighted by atomic mass is 32.2. The summed E-state index contributed by atoms with van der Waals surface area (Å²) in [5, 5.41) is 18.9. The second kappa shape index (κ2) is 13.5. The van der Waals surface area contributed by atoms with Crippen molar-refractivity contribution in [3.05, 3.63) is 59.7 Å².